The van der Waals surface area contributed by atoms with E-state index in [1.165, 1.54) is 12.8 Å². The molecular formula is C9H15N. The minimum atomic E-state index is 0.0399. The zero-order valence-electron chi connectivity index (χ0n) is 6.40. The minimum Gasteiger partial charge on any atom is -0.305 e. The van der Waals surface area contributed by atoms with Crippen LogP contribution in [0.3, 0.4) is 0 Å². The second-order valence-corrected chi connectivity index (χ2v) is 2.83. The van der Waals surface area contributed by atoms with Crippen LogP contribution in [0.25, 0.3) is 0 Å². The Morgan fingerprint density at radius 3 is 2.20 bits per heavy atom. The summed E-state index contributed by atoms with van der Waals surface area (Å²) in [6, 6.07) is 0. The van der Waals surface area contributed by atoms with Crippen LogP contribution < -0.4 is 5.32 Å². The molecule has 0 aromatic carbocycles. The first-order valence-corrected chi connectivity index (χ1v) is 3.85. The molecule has 0 radical (unpaired) electrons. The number of nitrogens with one attached hydrogen (secondary N) is 1. The SMILES string of the molecule is C=CC1(C=C)CCCCN1. The van der Waals surface area contributed by atoms with Crippen LogP contribution in [0.1, 0.15) is 19.3 Å². The smallest absolute Gasteiger partial charge is 0.0544 e. The van der Waals surface area contributed by atoms with E-state index >= 15 is 0 Å². The van der Waals surface area contributed by atoms with Crippen LogP contribution in [0.2, 0.25) is 0 Å². The van der Waals surface area contributed by atoms with Crippen molar-refractivity contribution in [3.63, 3.8) is 0 Å². The Hall–Kier alpha value is -0.560. The van der Waals surface area contributed by atoms with Crippen molar-refractivity contribution >= 4 is 0 Å². The van der Waals surface area contributed by atoms with Crippen molar-refractivity contribution in [3.8, 4) is 0 Å². The van der Waals surface area contributed by atoms with Crippen molar-refractivity contribution in [2.45, 2.75) is 24.8 Å². The summed E-state index contributed by atoms with van der Waals surface area (Å²) in [6.45, 7) is 8.68. The first-order valence-electron chi connectivity index (χ1n) is 3.85. The summed E-state index contributed by atoms with van der Waals surface area (Å²) in [5.41, 5.74) is 0.0399. The number of hydrogen-bond donors (Lipinski definition) is 1. The molecule has 1 fully saturated rings. The molecule has 1 heteroatoms. The van der Waals surface area contributed by atoms with Gasteiger partial charge in [0.25, 0.3) is 0 Å². The Bertz CT molecular complexity index is 122. The summed E-state index contributed by atoms with van der Waals surface area (Å²) in [5.74, 6) is 0. The van der Waals surface area contributed by atoms with E-state index in [0.29, 0.717) is 0 Å². The molecule has 0 aromatic heterocycles. The lowest BCUT2D eigenvalue weighted by atomic mass is 9.89. The van der Waals surface area contributed by atoms with E-state index in [-0.39, 0.29) is 5.54 Å². The first kappa shape index (κ1) is 7.55. The number of hydrogen-bond acceptors (Lipinski definition) is 1. The molecule has 10 heavy (non-hydrogen) atoms. The van der Waals surface area contributed by atoms with Gasteiger partial charge in [0.05, 0.1) is 5.54 Å². The zero-order valence-corrected chi connectivity index (χ0v) is 6.40. The van der Waals surface area contributed by atoms with Gasteiger partial charge in [0.15, 0.2) is 0 Å². The van der Waals surface area contributed by atoms with Crippen molar-refractivity contribution in [2.75, 3.05) is 6.54 Å². The van der Waals surface area contributed by atoms with Crippen LogP contribution in [0, 0.1) is 0 Å². The van der Waals surface area contributed by atoms with Crippen molar-refractivity contribution in [1.82, 2.24) is 5.32 Å². The Morgan fingerprint density at radius 2 is 1.90 bits per heavy atom. The van der Waals surface area contributed by atoms with Crippen molar-refractivity contribution in [3.05, 3.63) is 25.3 Å². The molecule has 1 heterocycles. The van der Waals surface area contributed by atoms with Crippen LogP contribution in [0.5, 0.6) is 0 Å². The molecule has 0 amide bonds. The van der Waals surface area contributed by atoms with Gasteiger partial charge in [-0.2, -0.15) is 0 Å². The fraction of sp³-hybridized carbons (Fsp3) is 0.556. The Kier molecular flexibility index (Phi) is 2.28. The zero-order chi connectivity index (χ0) is 7.45. The van der Waals surface area contributed by atoms with E-state index in [4.69, 9.17) is 0 Å². The van der Waals surface area contributed by atoms with Crippen LogP contribution in [0.4, 0.5) is 0 Å². The van der Waals surface area contributed by atoms with Crippen molar-refractivity contribution in [2.24, 2.45) is 0 Å². The molecule has 1 saturated heterocycles. The quantitative estimate of drug-likeness (QED) is 0.573. The van der Waals surface area contributed by atoms with Gasteiger partial charge in [-0.15, -0.1) is 13.2 Å². The number of rotatable bonds is 2. The van der Waals surface area contributed by atoms with Crippen LogP contribution in [-0.4, -0.2) is 12.1 Å². The van der Waals surface area contributed by atoms with Gasteiger partial charge in [0.1, 0.15) is 0 Å². The highest BCUT2D eigenvalue weighted by molar-refractivity contribution is 5.15. The third kappa shape index (κ3) is 1.29. The fourth-order valence-corrected chi connectivity index (χ4v) is 1.38. The Balaban J connectivity index is 2.60. The van der Waals surface area contributed by atoms with E-state index in [1.807, 2.05) is 12.2 Å². The highest BCUT2D eigenvalue weighted by Crippen LogP contribution is 2.20. The molecule has 0 bridgehead atoms. The molecule has 56 valence electrons. The maximum atomic E-state index is 3.79. The maximum Gasteiger partial charge on any atom is 0.0544 e. The second-order valence-electron chi connectivity index (χ2n) is 2.83. The molecule has 1 rings (SSSR count). The highest BCUT2D eigenvalue weighted by Gasteiger charge is 2.23. The van der Waals surface area contributed by atoms with Gasteiger partial charge >= 0.3 is 0 Å². The van der Waals surface area contributed by atoms with E-state index in [9.17, 15) is 0 Å². The molecule has 0 aromatic rings. The lowest BCUT2D eigenvalue weighted by Crippen LogP contribution is -2.44. The molecular weight excluding hydrogens is 122 g/mol. The third-order valence-electron chi connectivity index (χ3n) is 2.20. The van der Waals surface area contributed by atoms with Gasteiger partial charge in [0.2, 0.25) is 0 Å². The molecule has 0 aliphatic carbocycles. The normalized spacial score (nSPS) is 23.6. The molecule has 1 aliphatic rings. The van der Waals surface area contributed by atoms with E-state index in [1.54, 1.807) is 0 Å². The minimum absolute atomic E-state index is 0.0399. The Labute approximate surface area is 62.8 Å². The fourth-order valence-electron chi connectivity index (χ4n) is 1.38. The molecule has 0 spiro atoms. The molecule has 1 aliphatic heterocycles. The first-order chi connectivity index (χ1) is 4.83. The van der Waals surface area contributed by atoms with Crippen LogP contribution >= 0.6 is 0 Å². The lowest BCUT2D eigenvalue weighted by Gasteiger charge is -2.32. The van der Waals surface area contributed by atoms with E-state index < -0.39 is 0 Å². The standard InChI is InChI=1S/C9H15N/c1-3-9(4-2)7-5-6-8-10-9/h3-4,10H,1-2,5-8H2. The number of piperidine rings is 1. The third-order valence-corrected chi connectivity index (χ3v) is 2.20. The lowest BCUT2D eigenvalue weighted by molar-refractivity contribution is 0.376. The molecule has 0 unspecified atom stereocenters. The predicted molar refractivity (Wildman–Crippen MR) is 45.0 cm³/mol. The summed E-state index contributed by atoms with van der Waals surface area (Å²) in [5, 5.41) is 3.40. The van der Waals surface area contributed by atoms with Crippen molar-refractivity contribution in [1.29, 1.82) is 0 Å². The monoisotopic (exact) mass is 137 g/mol. The van der Waals surface area contributed by atoms with Gasteiger partial charge in [0, 0.05) is 0 Å². The van der Waals surface area contributed by atoms with E-state index in [2.05, 4.69) is 18.5 Å². The van der Waals surface area contributed by atoms with E-state index in [0.717, 1.165) is 13.0 Å². The van der Waals surface area contributed by atoms with Gasteiger partial charge in [-0.05, 0) is 25.8 Å². The largest absolute Gasteiger partial charge is 0.305 e. The average Bonchev–Trinajstić information content (AvgIpc) is 2.06. The maximum absolute atomic E-state index is 3.79. The predicted octanol–water partition coefficient (Wildman–Crippen LogP) is 1.87. The topological polar surface area (TPSA) is 12.0 Å². The van der Waals surface area contributed by atoms with Crippen LogP contribution in [0.15, 0.2) is 25.3 Å². The Morgan fingerprint density at radius 1 is 1.20 bits per heavy atom. The van der Waals surface area contributed by atoms with Crippen LogP contribution in [-0.2, 0) is 0 Å². The molecule has 0 atom stereocenters. The summed E-state index contributed by atoms with van der Waals surface area (Å²) in [7, 11) is 0. The van der Waals surface area contributed by atoms with Gasteiger partial charge in [-0.1, -0.05) is 12.2 Å². The summed E-state index contributed by atoms with van der Waals surface area (Å²) >= 11 is 0. The molecule has 1 nitrogen and oxygen atoms in total. The summed E-state index contributed by atoms with van der Waals surface area (Å²) in [4.78, 5) is 0. The summed E-state index contributed by atoms with van der Waals surface area (Å²) in [6.07, 6.45) is 7.63. The van der Waals surface area contributed by atoms with Gasteiger partial charge in [-0.3, -0.25) is 0 Å². The summed E-state index contributed by atoms with van der Waals surface area (Å²) < 4.78 is 0. The van der Waals surface area contributed by atoms with Crippen molar-refractivity contribution < 1.29 is 0 Å². The molecule has 1 N–H and O–H groups in total. The highest BCUT2D eigenvalue weighted by atomic mass is 15.0. The van der Waals surface area contributed by atoms with Gasteiger partial charge < -0.3 is 5.32 Å². The second kappa shape index (κ2) is 3.02. The van der Waals surface area contributed by atoms with Gasteiger partial charge in [-0.25, -0.2) is 0 Å². The average molecular weight is 137 g/mol. The molecule has 0 saturated carbocycles.